The van der Waals surface area contributed by atoms with Gasteiger partial charge in [0, 0.05) is 19.6 Å². The molecule has 3 rings (SSSR count). The van der Waals surface area contributed by atoms with Crippen molar-refractivity contribution in [1.82, 2.24) is 9.62 Å². The Morgan fingerprint density at radius 2 is 1.63 bits per heavy atom. The predicted molar refractivity (Wildman–Crippen MR) is 110 cm³/mol. The minimum Gasteiger partial charge on any atom is -0.379 e. The topological polar surface area (TPSA) is 92.8 Å². The second kappa shape index (κ2) is 9.52. The van der Waals surface area contributed by atoms with E-state index in [4.69, 9.17) is 4.74 Å². The van der Waals surface area contributed by atoms with Gasteiger partial charge in [0.25, 0.3) is 0 Å². The van der Waals surface area contributed by atoms with Gasteiger partial charge in [-0.1, -0.05) is 6.07 Å². The van der Waals surface area contributed by atoms with E-state index in [2.05, 4.69) is 9.62 Å². The summed E-state index contributed by atoms with van der Waals surface area (Å²) in [6.07, 6.45) is 0.631. The highest BCUT2D eigenvalue weighted by Crippen LogP contribution is 2.25. The standard InChI is InChI=1S/C20H25FN2O5S2/c1-16-3-6-19(29(24,25)18-7-4-17(21)5-8-18)15-20(16)30(26,27)22-9-2-10-23-11-13-28-14-12-23/h3-8,15,22H,2,9-14H2,1H3. The van der Waals surface area contributed by atoms with E-state index in [-0.39, 0.29) is 21.2 Å². The van der Waals surface area contributed by atoms with Gasteiger partial charge in [0.1, 0.15) is 5.82 Å². The van der Waals surface area contributed by atoms with Gasteiger partial charge in [-0.2, -0.15) is 0 Å². The van der Waals surface area contributed by atoms with E-state index in [0.29, 0.717) is 25.2 Å². The fraction of sp³-hybridized carbons (Fsp3) is 0.400. The molecule has 0 bridgehead atoms. The zero-order valence-corrected chi connectivity index (χ0v) is 18.3. The van der Waals surface area contributed by atoms with E-state index in [1.54, 1.807) is 6.92 Å². The second-order valence-electron chi connectivity index (χ2n) is 7.09. The number of halogens is 1. The number of sulfone groups is 1. The minimum absolute atomic E-state index is 0.0861. The quantitative estimate of drug-likeness (QED) is 0.482. The first kappa shape index (κ1) is 22.8. The van der Waals surface area contributed by atoms with Gasteiger partial charge in [-0.25, -0.2) is 25.9 Å². The molecular weight excluding hydrogens is 431 g/mol. The molecule has 1 N–H and O–H groups in total. The average Bonchev–Trinajstić information content (AvgIpc) is 2.72. The molecule has 0 aromatic heterocycles. The molecule has 0 unspecified atom stereocenters. The van der Waals surface area contributed by atoms with Crippen molar-refractivity contribution >= 4 is 19.9 Å². The summed E-state index contributed by atoms with van der Waals surface area (Å²) in [6, 6.07) is 8.37. The maximum Gasteiger partial charge on any atom is 0.240 e. The number of benzene rings is 2. The smallest absolute Gasteiger partial charge is 0.240 e. The molecule has 0 atom stereocenters. The van der Waals surface area contributed by atoms with Crippen molar-refractivity contribution in [3.63, 3.8) is 0 Å². The van der Waals surface area contributed by atoms with Crippen LogP contribution in [0, 0.1) is 12.7 Å². The maximum absolute atomic E-state index is 13.1. The molecule has 7 nitrogen and oxygen atoms in total. The van der Waals surface area contributed by atoms with Crippen molar-refractivity contribution < 1.29 is 26.0 Å². The number of nitrogens with one attached hydrogen (secondary N) is 1. The van der Waals surface area contributed by atoms with Gasteiger partial charge in [0.05, 0.1) is 27.9 Å². The van der Waals surface area contributed by atoms with Gasteiger partial charge in [-0.3, -0.25) is 4.90 Å². The van der Waals surface area contributed by atoms with E-state index >= 15 is 0 Å². The molecule has 164 valence electrons. The summed E-state index contributed by atoms with van der Waals surface area (Å²) in [5.41, 5.74) is 0.439. The summed E-state index contributed by atoms with van der Waals surface area (Å²) in [5, 5.41) is 0. The van der Waals surface area contributed by atoms with Crippen LogP contribution >= 0.6 is 0 Å². The van der Waals surface area contributed by atoms with Crippen molar-refractivity contribution in [2.75, 3.05) is 39.4 Å². The van der Waals surface area contributed by atoms with Crippen LogP contribution in [0.15, 0.2) is 57.2 Å². The number of hydrogen-bond acceptors (Lipinski definition) is 6. The summed E-state index contributed by atoms with van der Waals surface area (Å²) in [6.45, 7) is 5.62. The van der Waals surface area contributed by atoms with Crippen LogP contribution in [0.5, 0.6) is 0 Å². The van der Waals surface area contributed by atoms with Crippen molar-refractivity contribution in [3.8, 4) is 0 Å². The molecular formula is C20H25FN2O5S2. The lowest BCUT2D eigenvalue weighted by atomic mass is 10.2. The number of hydrogen-bond donors (Lipinski definition) is 1. The molecule has 10 heteroatoms. The normalized spacial score (nSPS) is 15.9. The maximum atomic E-state index is 13.1. The highest BCUT2D eigenvalue weighted by Gasteiger charge is 2.23. The molecule has 1 aliphatic heterocycles. The van der Waals surface area contributed by atoms with E-state index in [1.165, 1.54) is 12.1 Å². The molecule has 1 heterocycles. The van der Waals surface area contributed by atoms with Crippen LogP contribution in [-0.2, 0) is 24.6 Å². The molecule has 2 aromatic carbocycles. The van der Waals surface area contributed by atoms with Gasteiger partial charge in [-0.15, -0.1) is 0 Å². The van der Waals surface area contributed by atoms with Crippen LogP contribution in [0.1, 0.15) is 12.0 Å². The van der Waals surface area contributed by atoms with Crippen molar-refractivity contribution in [3.05, 3.63) is 53.8 Å². The molecule has 0 saturated carbocycles. The lowest BCUT2D eigenvalue weighted by Crippen LogP contribution is -2.38. The summed E-state index contributed by atoms with van der Waals surface area (Å²) in [4.78, 5) is 1.86. The lowest BCUT2D eigenvalue weighted by Gasteiger charge is -2.26. The average molecular weight is 457 g/mol. The molecule has 0 radical (unpaired) electrons. The van der Waals surface area contributed by atoms with Crippen LogP contribution in [0.4, 0.5) is 4.39 Å². The SMILES string of the molecule is Cc1ccc(S(=O)(=O)c2ccc(F)cc2)cc1S(=O)(=O)NCCCN1CCOCC1. The van der Waals surface area contributed by atoms with Crippen molar-refractivity contribution in [2.24, 2.45) is 0 Å². The molecule has 0 aliphatic carbocycles. The zero-order chi connectivity index (χ0) is 21.8. The van der Waals surface area contributed by atoms with Crippen LogP contribution in [0.2, 0.25) is 0 Å². The number of ether oxygens (including phenoxy) is 1. The summed E-state index contributed by atoms with van der Waals surface area (Å²) in [5.74, 6) is -0.553. The largest absolute Gasteiger partial charge is 0.379 e. The number of aryl methyl sites for hydroxylation is 1. The van der Waals surface area contributed by atoms with Gasteiger partial charge in [-0.05, 0) is 61.9 Å². The fourth-order valence-corrected chi connectivity index (χ4v) is 5.90. The molecule has 0 spiro atoms. The van der Waals surface area contributed by atoms with Crippen LogP contribution in [0.3, 0.4) is 0 Å². The van der Waals surface area contributed by atoms with Gasteiger partial charge in [0.2, 0.25) is 19.9 Å². The Kier molecular flexibility index (Phi) is 7.25. The third kappa shape index (κ3) is 5.44. The van der Waals surface area contributed by atoms with E-state index in [0.717, 1.165) is 50.0 Å². The number of morpholine rings is 1. The first-order valence-electron chi connectivity index (χ1n) is 9.61. The fourth-order valence-electron chi connectivity index (χ4n) is 3.20. The van der Waals surface area contributed by atoms with Crippen LogP contribution < -0.4 is 4.72 Å². The van der Waals surface area contributed by atoms with E-state index in [1.807, 2.05) is 0 Å². The van der Waals surface area contributed by atoms with Gasteiger partial charge in [0.15, 0.2) is 0 Å². The molecule has 30 heavy (non-hydrogen) atoms. The Morgan fingerprint density at radius 1 is 1.00 bits per heavy atom. The van der Waals surface area contributed by atoms with E-state index in [9.17, 15) is 21.2 Å². The molecule has 0 amide bonds. The van der Waals surface area contributed by atoms with Crippen LogP contribution in [-0.4, -0.2) is 61.1 Å². The zero-order valence-electron chi connectivity index (χ0n) is 16.7. The number of sulfonamides is 1. The summed E-state index contributed by atoms with van der Waals surface area (Å²) < 4.78 is 72.1. The van der Waals surface area contributed by atoms with Crippen LogP contribution in [0.25, 0.3) is 0 Å². The minimum atomic E-state index is -3.97. The molecule has 1 saturated heterocycles. The monoisotopic (exact) mass is 456 g/mol. The number of rotatable bonds is 8. The third-order valence-corrected chi connectivity index (χ3v) is 8.30. The Hall–Kier alpha value is -1.85. The molecule has 2 aromatic rings. The Labute approximate surface area is 176 Å². The summed E-state index contributed by atoms with van der Waals surface area (Å²) >= 11 is 0. The van der Waals surface area contributed by atoms with Gasteiger partial charge < -0.3 is 4.74 Å². The Bertz CT molecular complexity index is 1080. The highest BCUT2D eigenvalue weighted by molar-refractivity contribution is 7.91. The third-order valence-electron chi connectivity index (χ3n) is 4.93. The molecule has 1 fully saturated rings. The number of nitrogens with zero attached hydrogens (tertiary/aromatic N) is 1. The van der Waals surface area contributed by atoms with Crippen molar-refractivity contribution in [2.45, 2.75) is 28.0 Å². The highest BCUT2D eigenvalue weighted by atomic mass is 32.2. The Balaban J connectivity index is 1.74. The summed E-state index contributed by atoms with van der Waals surface area (Å²) in [7, 11) is -7.86. The second-order valence-corrected chi connectivity index (χ2v) is 10.8. The van der Waals surface area contributed by atoms with E-state index < -0.39 is 25.7 Å². The first-order valence-corrected chi connectivity index (χ1v) is 12.6. The Morgan fingerprint density at radius 3 is 2.30 bits per heavy atom. The van der Waals surface area contributed by atoms with Crippen molar-refractivity contribution in [1.29, 1.82) is 0 Å². The first-order chi connectivity index (χ1) is 14.2. The lowest BCUT2D eigenvalue weighted by molar-refractivity contribution is 0.0376. The van der Waals surface area contributed by atoms with Gasteiger partial charge >= 0.3 is 0 Å². The molecule has 1 aliphatic rings. The predicted octanol–water partition coefficient (Wildman–Crippen LogP) is 1.97.